The second-order valence-corrected chi connectivity index (χ2v) is 6.41. The molecule has 2 heterocycles. The molecule has 1 aliphatic heterocycles. The van der Waals surface area contributed by atoms with Crippen molar-refractivity contribution in [3.63, 3.8) is 0 Å². The van der Waals surface area contributed by atoms with Gasteiger partial charge in [0.15, 0.2) is 5.96 Å². The Labute approximate surface area is 154 Å². The number of ether oxygens (including phenoxy) is 1. The van der Waals surface area contributed by atoms with Crippen molar-refractivity contribution in [3.8, 4) is 5.75 Å². The number of phenolic OH excluding ortho intramolecular Hbond substituents is 1. The predicted molar refractivity (Wildman–Crippen MR) is 101 cm³/mol. The number of aromatic nitrogens is 2. The normalized spacial score (nSPS) is 18.2. The quantitative estimate of drug-likeness (QED) is 0.629. The highest BCUT2D eigenvalue weighted by Crippen LogP contribution is 2.21. The number of guanidine groups is 1. The number of hydrogen-bond acceptors (Lipinski definition) is 4. The number of nitrogens with zero attached hydrogens (tertiary/aromatic N) is 4. The molecule has 0 bridgehead atoms. The molecule has 1 aliphatic rings. The van der Waals surface area contributed by atoms with Gasteiger partial charge in [0, 0.05) is 38.4 Å². The zero-order chi connectivity index (χ0) is 18.4. The molecule has 2 N–H and O–H groups in total. The molecule has 2 aromatic rings. The molecule has 0 aliphatic carbocycles. The lowest BCUT2D eigenvalue weighted by atomic mass is 10.1. The summed E-state index contributed by atoms with van der Waals surface area (Å²) in [5.41, 5.74) is 2.17. The first-order valence-corrected chi connectivity index (χ1v) is 9.07. The Hall–Kier alpha value is -2.54. The smallest absolute Gasteiger partial charge is 0.194 e. The molecule has 7 nitrogen and oxygen atoms in total. The Bertz CT molecular complexity index is 743. The summed E-state index contributed by atoms with van der Waals surface area (Å²) in [5, 5.41) is 17.2. The maximum Gasteiger partial charge on any atom is 0.194 e. The molecular weight excluding hydrogens is 330 g/mol. The predicted octanol–water partition coefficient (Wildman–Crippen LogP) is 1.71. The van der Waals surface area contributed by atoms with Crippen LogP contribution in [0.4, 0.5) is 0 Å². The molecule has 1 aromatic heterocycles. The lowest BCUT2D eigenvalue weighted by Crippen LogP contribution is -2.48. The van der Waals surface area contributed by atoms with Gasteiger partial charge >= 0.3 is 0 Å². The van der Waals surface area contributed by atoms with Gasteiger partial charge in [-0.15, -0.1) is 0 Å². The fourth-order valence-corrected chi connectivity index (χ4v) is 3.08. The lowest BCUT2D eigenvalue weighted by molar-refractivity contribution is -0.00803. The van der Waals surface area contributed by atoms with E-state index in [1.54, 1.807) is 16.8 Å². The van der Waals surface area contributed by atoms with Crippen LogP contribution in [-0.2, 0) is 18.2 Å². The van der Waals surface area contributed by atoms with Crippen LogP contribution in [0.15, 0.2) is 41.7 Å². The molecule has 0 spiro atoms. The number of aromatic hydroxyl groups is 1. The second kappa shape index (κ2) is 8.71. The van der Waals surface area contributed by atoms with Crippen LogP contribution in [0.1, 0.15) is 24.2 Å². The summed E-state index contributed by atoms with van der Waals surface area (Å²) in [4.78, 5) is 7.01. The number of rotatable bonds is 5. The van der Waals surface area contributed by atoms with Gasteiger partial charge in [-0.2, -0.15) is 5.10 Å². The average Bonchev–Trinajstić information content (AvgIpc) is 3.08. The fraction of sp³-hybridized carbons (Fsp3) is 0.474. The molecule has 1 fully saturated rings. The molecule has 140 valence electrons. The van der Waals surface area contributed by atoms with Crippen molar-refractivity contribution in [2.24, 2.45) is 12.0 Å². The summed E-state index contributed by atoms with van der Waals surface area (Å²) in [6.45, 7) is 5.79. The van der Waals surface area contributed by atoms with E-state index in [-0.39, 0.29) is 6.10 Å². The molecule has 1 saturated heterocycles. The number of benzene rings is 1. The Kier molecular flexibility index (Phi) is 6.12. The van der Waals surface area contributed by atoms with E-state index in [2.05, 4.69) is 22.2 Å². The van der Waals surface area contributed by atoms with Gasteiger partial charge in [-0.3, -0.25) is 9.67 Å². The Morgan fingerprint density at radius 1 is 1.46 bits per heavy atom. The maximum atomic E-state index is 9.57. The van der Waals surface area contributed by atoms with Crippen molar-refractivity contribution in [3.05, 3.63) is 47.8 Å². The van der Waals surface area contributed by atoms with Gasteiger partial charge in [0.25, 0.3) is 0 Å². The highest BCUT2D eigenvalue weighted by atomic mass is 16.5. The van der Waals surface area contributed by atoms with Crippen LogP contribution in [0.2, 0.25) is 0 Å². The maximum absolute atomic E-state index is 9.57. The van der Waals surface area contributed by atoms with Crippen LogP contribution in [-0.4, -0.2) is 58.5 Å². The summed E-state index contributed by atoms with van der Waals surface area (Å²) in [5.74, 6) is 1.20. The van der Waals surface area contributed by atoms with Crippen LogP contribution in [0.25, 0.3) is 0 Å². The summed E-state index contributed by atoms with van der Waals surface area (Å²) in [7, 11) is 1.91. The third-order valence-corrected chi connectivity index (χ3v) is 4.37. The number of aryl methyl sites for hydroxylation is 1. The second-order valence-electron chi connectivity index (χ2n) is 6.41. The van der Waals surface area contributed by atoms with Crippen LogP contribution < -0.4 is 5.32 Å². The van der Waals surface area contributed by atoms with E-state index in [0.29, 0.717) is 18.9 Å². The summed E-state index contributed by atoms with van der Waals surface area (Å²) in [6.07, 6.45) is 4.66. The number of nitrogens with one attached hydrogen (secondary N) is 1. The molecule has 0 amide bonds. The molecule has 1 atom stereocenters. The topological polar surface area (TPSA) is 74.9 Å². The molecule has 0 saturated carbocycles. The molecular formula is C19H27N5O2. The lowest BCUT2D eigenvalue weighted by Gasteiger charge is -2.34. The van der Waals surface area contributed by atoms with Crippen molar-refractivity contribution in [2.45, 2.75) is 19.4 Å². The van der Waals surface area contributed by atoms with E-state index < -0.39 is 0 Å². The highest BCUT2D eigenvalue weighted by Gasteiger charge is 2.25. The molecule has 26 heavy (non-hydrogen) atoms. The number of hydrogen-bond donors (Lipinski definition) is 2. The Balaban J connectivity index is 1.64. The third-order valence-electron chi connectivity index (χ3n) is 4.37. The van der Waals surface area contributed by atoms with Gasteiger partial charge in [0.2, 0.25) is 0 Å². The van der Waals surface area contributed by atoms with Crippen molar-refractivity contribution >= 4 is 5.96 Å². The first-order chi connectivity index (χ1) is 12.7. The minimum Gasteiger partial charge on any atom is -0.508 e. The largest absolute Gasteiger partial charge is 0.508 e. The van der Waals surface area contributed by atoms with Crippen LogP contribution >= 0.6 is 0 Å². The van der Waals surface area contributed by atoms with Crippen molar-refractivity contribution in [1.29, 1.82) is 0 Å². The molecule has 0 radical (unpaired) electrons. The third kappa shape index (κ3) is 4.76. The van der Waals surface area contributed by atoms with Gasteiger partial charge < -0.3 is 20.1 Å². The molecule has 7 heteroatoms. The van der Waals surface area contributed by atoms with Crippen LogP contribution in [0.5, 0.6) is 5.75 Å². The van der Waals surface area contributed by atoms with Gasteiger partial charge in [-0.05, 0) is 31.0 Å². The van der Waals surface area contributed by atoms with Gasteiger partial charge in [0.05, 0.1) is 19.3 Å². The molecule has 3 rings (SSSR count). The summed E-state index contributed by atoms with van der Waals surface area (Å²) in [6, 6.07) is 7.34. The first kappa shape index (κ1) is 18.3. The van der Waals surface area contributed by atoms with Gasteiger partial charge in [-0.1, -0.05) is 12.1 Å². The van der Waals surface area contributed by atoms with E-state index in [1.165, 1.54) is 0 Å². The fourth-order valence-electron chi connectivity index (χ4n) is 3.08. The van der Waals surface area contributed by atoms with E-state index in [0.717, 1.165) is 43.1 Å². The molecule has 1 aromatic carbocycles. The van der Waals surface area contributed by atoms with Crippen molar-refractivity contribution in [1.82, 2.24) is 20.0 Å². The Morgan fingerprint density at radius 3 is 3.08 bits per heavy atom. The van der Waals surface area contributed by atoms with Gasteiger partial charge in [-0.25, -0.2) is 0 Å². The van der Waals surface area contributed by atoms with E-state index in [9.17, 15) is 5.11 Å². The summed E-state index contributed by atoms with van der Waals surface area (Å²) >= 11 is 0. The number of morpholine rings is 1. The van der Waals surface area contributed by atoms with Crippen LogP contribution in [0, 0.1) is 0 Å². The highest BCUT2D eigenvalue weighted by molar-refractivity contribution is 5.80. The van der Waals surface area contributed by atoms with E-state index in [1.807, 2.05) is 31.6 Å². The average molecular weight is 357 g/mol. The minimum absolute atomic E-state index is 0.00683. The first-order valence-electron chi connectivity index (χ1n) is 9.07. The van der Waals surface area contributed by atoms with E-state index in [4.69, 9.17) is 9.73 Å². The number of phenols is 1. The molecule has 1 unspecified atom stereocenters. The SMILES string of the molecule is CCNC(=NCCc1cccc(O)c1)N1CCOC(c2cnn(C)c2)C1. The zero-order valence-corrected chi connectivity index (χ0v) is 15.4. The Morgan fingerprint density at radius 2 is 2.35 bits per heavy atom. The van der Waals surface area contributed by atoms with Crippen LogP contribution in [0.3, 0.4) is 0 Å². The summed E-state index contributed by atoms with van der Waals surface area (Å²) < 4.78 is 7.72. The van der Waals surface area contributed by atoms with Crippen molar-refractivity contribution < 1.29 is 9.84 Å². The van der Waals surface area contributed by atoms with Gasteiger partial charge in [0.1, 0.15) is 11.9 Å². The standard InChI is InChI=1S/C19H27N5O2/c1-3-20-19(21-8-7-15-5-4-6-17(25)11-15)24-9-10-26-18(14-24)16-12-22-23(2)13-16/h4-6,11-13,18,25H,3,7-10,14H2,1-2H3,(H,20,21). The monoisotopic (exact) mass is 357 g/mol. The van der Waals surface area contributed by atoms with E-state index >= 15 is 0 Å². The minimum atomic E-state index is 0.00683. The number of aliphatic imine (C=N–C) groups is 1. The zero-order valence-electron chi connectivity index (χ0n) is 15.4. The van der Waals surface area contributed by atoms with Crippen molar-refractivity contribution in [2.75, 3.05) is 32.8 Å².